The number of nitrogens with zero attached hydrogens (tertiary/aromatic N) is 3. The van der Waals surface area contributed by atoms with Crippen molar-refractivity contribution in [2.24, 2.45) is 27.4 Å². The van der Waals surface area contributed by atoms with Gasteiger partial charge in [0.1, 0.15) is 0 Å². The van der Waals surface area contributed by atoms with Gasteiger partial charge in [-0.05, 0) is 50.5 Å². The van der Waals surface area contributed by atoms with E-state index in [1.165, 1.54) is 24.8 Å². The van der Waals surface area contributed by atoms with Gasteiger partial charge in [-0.2, -0.15) is 10.1 Å². The number of halogens is 1. The van der Waals surface area contributed by atoms with Gasteiger partial charge in [-0.1, -0.05) is 36.8 Å². The molecule has 1 aromatic carbocycles. The summed E-state index contributed by atoms with van der Waals surface area (Å²) in [5.74, 6) is 1.58. The minimum atomic E-state index is -0.636. The zero-order valence-electron chi connectivity index (χ0n) is 14.9. The molecule has 1 aliphatic carbocycles. The number of nitrogens with two attached hydrogens (primary N) is 2. The second-order valence-corrected chi connectivity index (χ2v) is 7.16. The van der Waals surface area contributed by atoms with Crippen molar-refractivity contribution in [3.8, 4) is 0 Å². The third-order valence-electron chi connectivity index (χ3n) is 4.82. The van der Waals surface area contributed by atoms with Gasteiger partial charge < -0.3 is 11.5 Å². The lowest BCUT2D eigenvalue weighted by molar-refractivity contribution is -0.169. The van der Waals surface area contributed by atoms with E-state index >= 15 is 0 Å². The quantitative estimate of drug-likeness (QED) is 0.798. The topological polar surface area (TPSA) is 89.2 Å². The van der Waals surface area contributed by atoms with Crippen molar-refractivity contribution in [1.29, 1.82) is 0 Å². The highest BCUT2D eigenvalue weighted by Crippen LogP contribution is 2.36. The maximum Gasteiger partial charge on any atom is 0.226 e. The van der Waals surface area contributed by atoms with Crippen molar-refractivity contribution in [2.75, 3.05) is 6.61 Å². The van der Waals surface area contributed by atoms with Crippen LogP contribution in [0.2, 0.25) is 0 Å². The summed E-state index contributed by atoms with van der Waals surface area (Å²) in [5.41, 5.74) is 12.4. The first kappa shape index (κ1) is 19.7. The van der Waals surface area contributed by atoms with Crippen LogP contribution in [-0.4, -0.2) is 29.3 Å². The van der Waals surface area contributed by atoms with E-state index in [0.717, 1.165) is 6.42 Å². The second-order valence-electron chi connectivity index (χ2n) is 7.16. The molecule has 0 spiro atoms. The second kappa shape index (κ2) is 8.19. The zero-order chi connectivity index (χ0) is 17.2. The van der Waals surface area contributed by atoms with Crippen molar-refractivity contribution >= 4 is 28.9 Å². The van der Waals surface area contributed by atoms with Crippen molar-refractivity contribution in [3.63, 3.8) is 0 Å². The van der Waals surface area contributed by atoms with Gasteiger partial charge in [0.25, 0.3) is 0 Å². The highest BCUT2D eigenvalue weighted by molar-refractivity contribution is 8.93. The van der Waals surface area contributed by atoms with Gasteiger partial charge in [0.05, 0.1) is 6.61 Å². The van der Waals surface area contributed by atoms with Gasteiger partial charge in [-0.15, -0.1) is 17.0 Å². The van der Waals surface area contributed by atoms with Crippen LogP contribution in [0.15, 0.2) is 40.3 Å². The summed E-state index contributed by atoms with van der Waals surface area (Å²) in [4.78, 5) is 14.3. The molecule has 2 atom stereocenters. The number of benzene rings is 1. The summed E-state index contributed by atoms with van der Waals surface area (Å²) in [5, 5.41) is 1.58. The fourth-order valence-electron chi connectivity index (χ4n) is 3.67. The summed E-state index contributed by atoms with van der Waals surface area (Å²) < 4.78 is 0. The van der Waals surface area contributed by atoms with Gasteiger partial charge >= 0.3 is 0 Å². The maximum absolute atomic E-state index is 6.00. The van der Waals surface area contributed by atoms with Crippen LogP contribution in [0.1, 0.15) is 51.0 Å². The molecule has 0 saturated heterocycles. The summed E-state index contributed by atoms with van der Waals surface area (Å²) in [6.45, 7) is 4.45. The molecule has 0 aromatic heterocycles. The number of hydrogen-bond donors (Lipinski definition) is 2. The van der Waals surface area contributed by atoms with Crippen LogP contribution in [0.4, 0.5) is 0 Å². The minimum absolute atomic E-state index is 0. The van der Waals surface area contributed by atoms with Crippen LogP contribution in [0.3, 0.4) is 0 Å². The van der Waals surface area contributed by atoms with E-state index in [1.54, 1.807) is 5.06 Å². The molecule has 1 aliphatic heterocycles. The molecule has 2 unspecified atom stereocenters. The molecule has 0 amide bonds. The fraction of sp³-hybridized carbons (Fsp3) is 0.556. The van der Waals surface area contributed by atoms with Crippen molar-refractivity contribution < 1.29 is 4.84 Å². The predicted molar refractivity (Wildman–Crippen MR) is 107 cm³/mol. The van der Waals surface area contributed by atoms with E-state index < -0.39 is 5.66 Å². The SMILES string of the molecule is Br.CC1(C)N=C(N)N=C(N)N1OCC1CCCC(c2ccccc2)C1. The fourth-order valence-corrected chi connectivity index (χ4v) is 3.67. The van der Waals surface area contributed by atoms with Crippen LogP contribution in [0, 0.1) is 5.92 Å². The molecule has 2 aliphatic rings. The molecule has 1 heterocycles. The van der Waals surface area contributed by atoms with Gasteiger partial charge in [0.2, 0.25) is 11.9 Å². The Balaban J connectivity index is 0.00000225. The lowest BCUT2D eigenvalue weighted by Gasteiger charge is -2.38. The zero-order valence-corrected chi connectivity index (χ0v) is 16.6. The average molecular weight is 410 g/mol. The monoisotopic (exact) mass is 409 g/mol. The van der Waals surface area contributed by atoms with E-state index in [0.29, 0.717) is 18.4 Å². The highest BCUT2D eigenvalue weighted by Gasteiger charge is 2.34. The van der Waals surface area contributed by atoms with E-state index in [-0.39, 0.29) is 28.9 Å². The minimum Gasteiger partial charge on any atom is -0.368 e. The molecule has 25 heavy (non-hydrogen) atoms. The number of hydroxylamine groups is 2. The van der Waals surface area contributed by atoms with Gasteiger partial charge in [-0.3, -0.25) is 4.84 Å². The van der Waals surface area contributed by atoms with E-state index in [2.05, 4.69) is 40.3 Å². The molecular formula is C18H28BrN5O. The first-order chi connectivity index (χ1) is 11.5. The number of hydrogen-bond acceptors (Lipinski definition) is 6. The van der Waals surface area contributed by atoms with E-state index in [9.17, 15) is 0 Å². The molecule has 1 fully saturated rings. The number of guanidine groups is 2. The largest absolute Gasteiger partial charge is 0.368 e. The summed E-state index contributed by atoms with van der Waals surface area (Å²) in [6.07, 6.45) is 4.80. The predicted octanol–water partition coefficient (Wildman–Crippen LogP) is 3.15. The van der Waals surface area contributed by atoms with Crippen LogP contribution >= 0.6 is 17.0 Å². The van der Waals surface area contributed by atoms with Crippen LogP contribution in [0.5, 0.6) is 0 Å². The molecule has 3 rings (SSSR count). The highest BCUT2D eigenvalue weighted by atomic mass is 79.9. The number of rotatable bonds is 4. The molecule has 4 N–H and O–H groups in total. The standard InChI is InChI=1S/C18H27N5O.BrH/c1-18(2)22-16(19)21-17(20)23(18)24-12-13-7-6-10-15(11-13)14-8-4-3-5-9-14;/h3-5,8-9,13,15H,6-7,10-12H2,1-2H3,(H4,19,20,21,22);1H. The van der Waals surface area contributed by atoms with Crippen molar-refractivity contribution in [1.82, 2.24) is 5.06 Å². The Morgan fingerprint density at radius 2 is 1.92 bits per heavy atom. The number of aliphatic imine (C=N–C) groups is 2. The summed E-state index contributed by atoms with van der Waals surface area (Å²) in [7, 11) is 0. The van der Waals surface area contributed by atoms with Crippen LogP contribution in [-0.2, 0) is 4.84 Å². The van der Waals surface area contributed by atoms with E-state index in [4.69, 9.17) is 16.3 Å². The molecular weight excluding hydrogens is 382 g/mol. The summed E-state index contributed by atoms with van der Waals surface area (Å²) in [6, 6.07) is 10.8. The molecule has 1 aromatic rings. The lowest BCUT2D eigenvalue weighted by atomic mass is 9.78. The smallest absolute Gasteiger partial charge is 0.226 e. The average Bonchev–Trinajstić information content (AvgIpc) is 2.54. The normalized spacial score (nSPS) is 25.6. The molecule has 1 saturated carbocycles. The molecule has 6 nitrogen and oxygen atoms in total. The van der Waals surface area contributed by atoms with E-state index in [1.807, 2.05) is 13.8 Å². The third-order valence-corrected chi connectivity index (χ3v) is 4.82. The Morgan fingerprint density at radius 3 is 2.60 bits per heavy atom. The Bertz CT molecular complexity index is 632. The first-order valence-electron chi connectivity index (χ1n) is 8.63. The van der Waals surface area contributed by atoms with Crippen molar-refractivity contribution in [3.05, 3.63) is 35.9 Å². The third kappa shape index (κ3) is 4.73. The van der Waals surface area contributed by atoms with Crippen LogP contribution in [0.25, 0.3) is 0 Å². The molecule has 0 radical (unpaired) electrons. The van der Waals surface area contributed by atoms with Gasteiger partial charge in [0, 0.05) is 0 Å². The lowest BCUT2D eigenvalue weighted by Crippen LogP contribution is -2.54. The van der Waals surface area contributed by atoms with Gasteiger partial charge in [-0.25, -0.2) is 4.99 Å². The molecule has 0 bridgehead atoms. The van der Waals surface area contributed by atoms with Crippen LogP contribution < -0.4 is 11.5 Å². The first-order valence-corrected chi connectivity index (χ1v) is 8.63. The Labute approximate surface area is 160 Å². The molecule has 138 valence electrons. The Kier molecular flexibility index (Phi) is 6.46. The maximum atomic E-state index is 6.00. The Morgan fingerprint density at radius 1 is 1.20 bits per heavy atom. The Hall–Kier alpha value is -1.60. The summed E-state index contributed by atoms with van der Waals surface area (Å²) >= 11 is 0. The van der Waals surface area contributed by atoms with Crippen molar-refractivity contribution in [2.45, 2.75) is 51.1 Å². The molecule has 7 heteroatoms. The van der Waals surface area contributed by atoms with Gasteiger partial charge in [0.15, 0.2) is 5.66 Å².